The minimum atomic E-state index is -0.420. The third-order valence-corrected chi connectivity index (χ3v) is 5.33. The highest BCUT2D eigenvalue weighted by molar-refractivity contribution is 9.10. The van der Waals surface area contributed by atoms with Crippen molar-refractivity contribution in [3.8, 4) is 0 Å². The second kappa shape index (κ2) is 8.45. The van der Waals surface area contributed by atoms with Crippen LogP contribution in [0.5, 0.6) is 0 Å². The third-order valence-electron chi connectivity index (χ3n) is 4.56. The number of carbonyl (C=O) groups excluding carboxylic acids is 2. The Bertz CT molecular complexity index is 804. The van der Waals surface area contributed by atoms with Crippen molar-refractivity contribution < 1.29 is 14.0 Å². The molecule has 3 rings (SSSR count). The molecular formula is C20H20BrFN2O2. The summed E-state index contributed by atoms with van der Waals surface area (Å²) in [6.45, 7) is 1.96. The number of nitrogens with zero attached hydrogens (tertiary/aromatic N) is 2. The lowest BCUT2D eigenvalue weighted by Crippen LogP contribution is -2.50. The van der Waals surface area contributed by atoms with Crippen LogP contribution in [0.15, 0.2) is 53.0 Å². The zero-order valence-electron chi connectivity index (χ0n) is 14.3. The third kappa shape index (κ3) is 4.49. The number of aryl methyl sites for hydroxylation is 1. The van der Waals surface area contributed by atoms with Crippen molar-refractivity contribution in [2.45, 2.75) is 12.8 Å². The molecule has 1 saturated heterocycles. The second-order valence-corrected chi connectivity index (χ2v) is 7.13. The first-order valence-electron chi connectivity index (χ1n) is 8.60. The Kier molecular flexibility index (Phi) is 6.04. The zero-order valence-corrected chi connectivity index (χ0v) is 15.9. The maximum absolute atomic E-state index is 13.3. The molecular weight excluding hydrogens is 399 g/mol. The fourth-order valence-corrected chi connectivity index (χ4v) is 3.55. The lowest BCUT2D eigenvalue weighted by atomic mass is 10.1. The van der Waals surface area contributed by atoms with Crippen LogP contribution in [0.25, 0.3) is 0 Å². The van der Waals surface area contributed by atoms with Crippen LogP contribution in [0.3, 0.4) is 0 Å². The van der Waals surface area contributed by atoms with E-state index in [4.69, 9.17) is 0 Å². The number of rotatable bonds is 4. The van der Waals surface area contributed by atoms with Crippen molar-refractivity contribution in [2.24, 2.45) is 0 Å². The molecule has 2 amide bonds. The van der Waals surface area contributed by atoms with Gasteiger partial charge in [0.15, 0.2) is 0 Å². The van der Waals surface area contributed by atoms with Gasteiger partial charge in [-0.1, -0.05) is 40.2 Å². The van der Waals surface area contributed by atoms with E-state index < -0.39 is 5.82 Å². The predicted molar refractivity (Wildman–Crippen MR) is 101 cm³/mol. The molecule has 0 aliphatic carbocycles. The molecule has 2 aromatic carbocycles. The van der Waals surface area contributed by atoms with Crippen molar-refractivity contribution in [2.75, 3.05) is 26.2 Å². The topological polar surface area (TPSA) is 40.6 Å². The van der Waals surface area contributed by atoms with Crippen LogP contribution in [0, 0.1) is 5.82 Å². The van der Waals surface area contributed by atoms with Gasteiger partial charge in [-0.2, -0.15) is 0 Å². The maximum Gasteiger partial charge on any atom is 0.254 e. The van der Waals surface area contributed by atoms with Crippen molar-refractivity contribution in [3.63, 3.8) is 0 Å². The molecule has 0 saturated carbocycles. The van der Waals surface area contributed by atoms with Gasteiger partial charge in [-0.15, -0.1) is 0 Å². The quantitative estimate of drug-likeness (QED) is 0.761. The molecule has 2 aromatic rings. The van der Waals surface area contributed by atoms with E-state index in [-0.39, 0.29) is 11.8 Å². The van der Waals surface area contributed by atoms with Gasteiger partial charge in [0.05, 0.1) is 0 Å². The highest BCUT2D eigenvalue weighted by atomic mass is 79.9. The summed E-state index contributed by atoms with van der Waals surface area (Å²) >= 11 is 3.50. The molecule has 1 fully saturated rings. The molecule has 0 bridgehead atoms. The van der Waals surface area contributed by atoms with E-state index in [0.29, 0.717) is 44.6 Å². The van der Waals surface area contributed by atoms with Crippen LogP contribution in [-0.4, -0.2) is 47.8 Å². The molecule has 0 unspecified atom stereocenters. The summed E-state index contributed by atoms with van der Waals surface area (Å²) in [6.07, 6.45) is 1.13. The summed E-state index contributed by atoms with van der Waals surface area (Å²) in [5, 5.41) is 0. The largest absolute Gasteiger partial charge is 0.339 e. The number of benzene rings is 2. The van der Waals surface area contributed by atoms with Crippen molar-refractivity contribution in [3.05, 3.63) is 69.9 Å². The molecule has 1 aliphatic heterocycles. The molecule has 6 heteroatoms. The lowest BCUT2D eigenvalue weighted by Gasteiger charge is -2.35. The maximum atomic E-state index is 13.3. The van der Waals surface area contributed by atoms with E-state index in [1.54, 1.807) is 15.9 Å². The van der Waals surface area contributed by atoms with E-state index in [0.717, 1.165) is 10.0 Å². The van der Waals surface area contributed by atoms with Crippen molar-refractivity contribution in [1.82, 2.24) is 9.80 Å². The fourth-order valence-electron chi connectivity index (χ4n) is 3.06. The summed E-state index contributed by atoms with van der Waals surface area (Å²) in [5.41, 5.74) is 1.46. The molecule has 0 radical (unpaired) electrons. The molecule has 0 aromatic heterocycles. The Balaban J connectivity index is 1.51. The van der Waals surface area contributed by atoms with E-state index in [1.807, 2.05) is 24.3 Å². The van der Waals surface area contributed by atoms with Crippen molar-refractivity contribution >= 4 is 27.7 Å². The van der Waals surface area contributed by atoms with Gasteiger partial charge in [0.25, 0.3) is 5.91 Å². The van der Waals surface area contributed by atoms with E-state index >= 15 is 0 Å². The molecule has 4 nitrogen and oxygen atoms in total. The van der Waals surface area contributed by atoms with E-state index in [1.165, 1.54) is 18.2 Å². The molecule has 0 atom stereocenters. The smallest absolute Gasteiger partial charge is 0.254 e. The van der Waals surface area contributed by atoms with Gasteiger partial charge in [-0.25, -0.2) is 4.39 Å². The molecule has 0 N–H and O–H groups in total. The second-order valence-electron chi connectivity index (χ2n) is 6.27. The number of amides is 2. The van der Waals surface area contributed by atoms with Crippen LogP contribution in [0.1, 0.15) is 22.3 Å². The van der Waals surface area contributed by atoms with Crippen LogP contribution in [0.4, 0.5) is 4.39 Å². The molecule has 26 heavy (non-hydrogen) atoms. The number of piperazine rings is 1. The summed E-state index contributed by atoms with van der Waals surface area (Å²) in [6, 6.07) is 13.6. The monoisotopic (exact) mass is 418 g/mol. The fraction of sp³-hybridized carbons (Fsp3) is 0.300. The minimum Gasteiger partial charge on any atom is -0.339 e. The molecule has 0 spiro atoms. The minimum absolute atomic E-state index is 0.0959. The summed E-state index contributed by atoms with van der Waals surface area (Å²) in [4.78, 5) is 28.3. The van der Waals surface area contributed by atoms with Gasteiger partial charge in [0.2, 0.25) is 5.91 Å². The number of carbonyl (C=O) groups is 2. The first kappa shape index (κ1) is 18.6. The van der Waals surface area contributed by atoms with Gasteiger partial charge in [-0.3, -0.25) is 9.59 Å². The highest BCUT2D eigenvalue weighted by Crippen LogP contribution is 2.18. The highest BCUT2D eigenvalue weighted by Gasteiger charge is 2.24. The predicted octanol–water partition coefficient (Wildman–Crippen LogP) is 3.51. The average molecular weight is 419 g/mol. The van der Waals surface area contributed by atoms with Crippen LogP contribution < -0.4 is 0 Å². The summed E-state index contributed by atoms with van der Waals surface area (Å²) < 4.78 is 14.3. The SMILES string of the molecule is O=C(CCc1ccccc1Br)N1CCN(C(=O)c2cccc(F)c2)CC1. The number of hydrogen-bond donors (Lipinski definition) is 0. The zero-order chi connectivity index (χ0) is 18.5. The van der Waals surface area contributed by atoms with E-state index in [2.05, 4.69) is 15.9 Å². The van der Waals surface area contributed by atoms with Gasteiger partial charge in [0, 0.05) is 42.6 Å². The first-order valence-corrected chi connectivity index (χ1v) is 9.40. The van der Waals surface area contributed by atoms with Crippen LogP contribution >= 0.6 is 15.9 Å². The molecule has 136 valence electrons. The Hall–Kier alpha value is -2.21. The number of halogens is 2. The van der Waals surface area contributed by atoms with Gasteiger partial charge >= 0.3 is 0 Å². The Morgan fingerprint density at radius 3 is 2.35 bits per heavy atom. The van der Waals surface area contributed by atoms with Crippen molar-refractivity contribution in [1.29, 1.82) is 0 Å². The first-order chi connectivity index (χ1) is 12.5. The van der Waals surface area contributed by atoms with Gasteiger partial charge in [-0.05, 0) is 36.2 Å². The van der Waals surface area contributed by atoms with Crippen LogP contribution in [0.2, 0.25) is 0 Å². The number of hydrogen-bond acceptors (Lipinski definition) is 2. The lowest BCUT2D eigenvalue weighted by molar-refractivity contribution is -0.132. The summed E-state index contributed by atoms with van der Waals surface area (Å²) in [7, 11) is 0. The standard InChI is InChI=1S/C20H20BrFN2O2/c21-18-7-2-1-4-15(18)8-9-19(25)23-10-12-24(13-11-23)20(26)16-5-3-6-17(22)14-16/h1-7,14H,8-13H2. The normalized spacial score (nSPS) is 14.4. The Morgan fingerprint density at radius 2 is 1.65 bits per heavy atom. The molecule has 1 heterocycles. The van der Waals surface area contributed by atoms with E-state index in [9.17, 15) is 14.0 Å². The average Bonchev–Trinajstić information content (AvgIpc) is 2.66. The van der Waals surface area contributed by atoms with Gasteiger partial charge < -0.3 is 9.80 Å². The Labute approximate surface area is 160 Å². The molecule has 1 aliphatic rings. The van der Waals surface area contributed by atoms with Gasteiger partial charge in [0.1, 0.15) is 5.82 Å². The Morgan fingerprint density at radius 1 is 0.962 bits per heavy atom. The van der Waals surface area contributed by atoms with Crippen LogP contribution in [-0.2, 0) is 11.2 Å². The summed E-state index contributed by atoms with van der Waals surface area (Å²) in [5.74, 6) is -0.514.